The summed E-state index contributed by atoms with van der Waals surface area (Å²) in [4.78, 5) is 33.1. The normalized spacial score (nSPS) is 23.9. The molecular weight excluding hydrogens is 366 g/mol. The van der Waals surface area contributed by atoms with E-state index in [1.54, 1.807) is 19.1 Å². The zero-order valence-corrected chi connectivity index (χ0v) is 16.7. The number of hydrogen-bond acceptors (Lipinski definition) is 3. The fourth-order valence-electron chi connectivity index (χ4n) is 5.01. The maximum absolute atomic E-state index is 13.3. The molecule has 0 bridgehead atoms. The summed E-state index contributed by atoms with van der Waals surface area (Å²) < 4.78 is 5.64. The predicted molar refractivity (Wildman–Crippen MR) is 110 cm³/mol. The number of H-pyrrole nitrogens is 1. The van der Waals surface area contributed by atoms with E-state index in [0.29, 0.717) is 6.54 Å². The van der Waals surface area contributed by atoms with Gasteiger partial charge in [-0.15, -0.1) is 0 Å². The first-order valence-corrected chi connectivity index (χ1v) is 9.76. The molecule has 0 unspecified atom stereocenters. The van der Waals surface area contributed by atoms with Crippen molar-refractivity contribution >= 4 is 22.7 Å². The van der Waals surface area contributed by atoms with Crippen molar-refractivity contribution < 1.29 is 14.3 Å². The third-order valence-electron chi connectivity index (χ3n) is 6.44. The van der Waals surface area contributed by atoms with Gasteiger partial charge in [0.15, 0.2) is 5.54 Å². The van der Waals surface area contributed by atoms with Gasteiger partial charge in [0.2, 0.25) is 5.91 Å². The van der Waals surface area contributed by atoms with E-state index in [-0.39, 0.29) is 24.3 Å². The van der Waals surface area contributed by atoms with Crippen LogP contribution in [0.1, 0.15) is 29.7 Å². The molecule has 6 nitrogen and oxygen atoms in total. The third-order valence-corrected chi connectivity index (χ3v) is 6.44. The molecular formula is C23H23N3O3. The first kappa shape index (κ1) is 17.8. The Morgan fingerprint density at radius 3 is 2.62 bits per heavy atom. The second-order valence-electron chi connectivity index (χ2n) is 7.99. The van der Waals surface area contributed by atoms with Crippen molar-refractivity contribution in [2.45, 2.75) is 18.4 Å². The number of carbonyl (C=O) groups is 2. The summed E-state index contributed by atoms with van der Waals surface area (Å²) in [5.74, 6) is 0.581. The molecule has 6 heteroatoms. The Balaban J connectivity index is 1.83. The van der Waals surface area contributed by atoms with E-state index in [1.807, 2.05) is 49.4 Å². The molecule has 148 valence electrons. The molecule has 0 aliphatic carbocycles. The second kappa shape index (κ2) is 6.11. The lowest BCUT2D eigenvalue weighted by Gasteiger charge is -2.50. The van der Waals surface area contributed by atoms with Crippen molar-refractivity contribution in [3.63, 3.8) is 0 Å². The number of nitrogens with one attached hydrogen (secondary N) is 1. The van der Waals surface area contributed by atoms with Crippen molar-refractivity contribution in [3.8, 4) is 5.75 Å². The molecule has 1 aromatic heterocycles. The number of nitrogens with zero attached hydrogens (tertiary/aromatic N) is 2. The number of rotatable bonds is 2. The summed E-state index contributed by atoms with van der Waals surface area (Å²) in [6.07, 6.45) is 0. The number of methoxy groups -OCH3 is 1. The van der Waals surface area contributed by atoms with E-state index in [2.05, 4.69) is 11.1 Å². The largest absolute Gasteiger partial charge is 0.496 e. The molecule has 2 aliphatic heterocycles. The molecule has 1 fully saturated rings. The molecule has 3 heterocycles. The van der Waals surface area contributed by atoms with Crippen LogP contribution in [-0.4, -0.2) is 53.8 Å². The lowest BCUT2D eigenvalue weighted by Crippen LogP contribution is -2.66. The van der Waals surface area contributed by atoms with Crippen LogP contribution < -0.4 is 4.74 Å². The zero-order valence-electron chi connectivity index (χ0n) is 16.7. The van der Waals surface area contributed by atoms with Gasteiger partial charge in [-0.25, -0.2) is 0 Å². The molecule has 0 radical (unpaired) electrons. The Hall–Kier alpha value is -3.28. The number of aromatic amines is 1. The summed E-state index contributed by atoms with van der Waals surface area (Å²) in [5.41, 5.74) is 2.80. The highest BCUT2D eigenvalue weighted by molar-refractivity contribution is 6.01. The molecule has 2 aliphatic rings. The quantitative estimate of drug-likeness (QED) is 0.733. The van der Waals surface area contributed by atoms with E-state index in [1.165, 1.54) is 4.90 Å². The Morgan fingerprint density at radius 2 is 1.83 bits per heavy atom. The highest BCUT2D eigenvalue weighted by Crippen LogP contribution is 2.49. The number of piperazine rings is 1. The van der Waals surface area contributed by atoms with Crippen molar-refractivity contribution in [3.05, 3.63) is 65.4 Å². The van der Waals surface area contributed by atoms with E-state index in [9.17, 15) is 9.59 Å². The molecule has 1 saturated heterocycles. The summed E-state index contributed by atoms with van der Waals surface area (Å²) in [5, 5.41) is 1.08. The average molecular weight is 389 g/mol. The van der Waals surface area contributed by atoms with Crippen molar-refractivity contribution in [2.75, 3.05) is 27.2 Å². The first-order valence-electron chi connectivity index (χ1n) is 9.76. The zero-order chi connectivity index (χ0) is 20.3. The van der Waals surface area contributed by atoms with Crippen molar-refractivity contribution in [1.29, 1.82) is 0 Å². The number of likely N-dealkylation sites (N-methyl/N-ethyl adjacent to an activating group) is 1. The van der Waals surface area contributed by atoms with Gasteiger partial charge < -0.3 is 19.5 Å². The third kappa shape index (κ3) is 2.29. The molecule has 0 saturated carbocycles. The monoisotopic (exact) mass is 389 g/mol. The highest BCUT2D eigenvalue weighted by atomic mass is 16.5. The van der Waals surface area contributed by atoms with Gasteiger partial charge in [-0.1, -0.05) is 36.4 Å². The van der Waals surface area contributed by atoms with E-state index < -0.39 is 5.54 Å². The van der Waals surface area contributed by atoms with Gasteiger partial charge in [0, 0.05) is 36.0 Å². The molecule has 2 amide bonds. The average Bonchev–Trinajstić information content (AvgIpc) is 3.13. The minimum absolute atomic E-state index is 0.0428. The minimum atomic E-state index is -1.04. The Labute approximate surface area is 169 Å². The van der Waals surface area contributed by atoms with Crippen molar-refractivity contribution in [1.82, 2.24) is 14.8 Å². The van der Waals surface area contributed by atoms with Crippen LogP contribution >= 0.6 is 0 Å². The predicted octanol–water partition coefficient (Wildman–Crippen LogP) is 2.84. The van der Waals surface area contributed by atoms with Gasteiger partial charge in [-0.2, -0.15) is 0 Å². The standard InChI is InChI=1S/C23H23N3O3/c1-23-21-20(15-9-4-6-10-17(15)24-21)16(14-8-5-7-11-18(14)29-3)12-26(23)19(27)13-25(2)22(23)28/h4-11,16,24H,12-13H2,1-3H3/t16-,23-/m0/s1. The lowest BCUT2D eigenvalue weighted by molar-refractivity contribution is -0.164. The molecule has 1 N–H and O–H groups in total. The number of fused-ring (bicyclic) bond motifs is 5. The summed E-state index contributed by atoms with van der Waals surface area (Å²) in [6, 6.07) is 16.0. The highest BCUT2D eigenvalue weighted by Gasteiger charge is 2.55. The van der Waals surface area contributed by atoms with Gasteiger partial charge in [0.25, 0.3) is 5.91 Å². The minimum Gasteiger partial charge on any atom is -0.496 e. The van der Waals surface area contributed by atoms with Gasteiger partial charge in [-0.3, -0.25) is 9.59 Å². The fourth-order valence-corrected chi connectivity index (χ4v) is 5.01. The number of amides is 2. The maximum Gasteiger partial charge on any atom is 0.254 e. The fraction of sp³-hybridized carbons (Fsp3) is 0.304. The Kier molecular flexibility index (Phi) is 3.75. The molecule has 3 aromatic rings. The summed E-state index contributed by atoms with van der Waals surface area (Å²) in [6.45, 7) is 2.39. The lowest BCUT2D eigenvalue weighted by atomic mass is 9.76. The van der Waals surface area contributed by atoms with Crippen LogP contribution in [-0.2, 0) is 15.1 Å². The van der Waals surface area contributed by atoms with Gasteiger partial charge in [0.05, 0.1) is 19.3 Å². The van der Waals surface area contributed by atoms with Crippen LogP contribution in [0.25, 0.3) is 10.9 Å². The van der Waals surface area contributed by atoms with Crippen LogP contribution in [0.15, 0.2) is 48.5 Å². The smallest absolute Gasteiger partial charge is 0.254 e. The van der Waals surface area contributed by atoms with Crippen LogP contribution in [0.2, 0.25) is 0 Å². The van der Waals surface area contributed by atoms with Gasteiger partial charge >= 0.3 is 0 Å². The van der Waals surface area contributed by atoms with Crippen LogP contribution in [0.5, 0.6) is 5.75 Å². The van der Waals surface area contributed by atoms with E-state index >= 15 is 0 Å². The van der Waals surface area contributed by atoms with Crippen LogP contribution in [0.4, 0.5) is 0 Å². The van der Waals surface area contributed by atoms with Gasteiger partial charge in [0.1, 0.15) is 5.75 Å². The number of carbonyl (C=O) groups excluding carboxylic acids is 2. The number of benzene rings is 2. The van der Waals surface area contributed by atoms with Crippen molar-refractivity contribution in [2.24, 2.45) is 0 Å². The molecule has 29 heavy (non-hydrogen) atoms. The number of para-hydroxylation sites is 2. The SMILES string of the molecule is COc1ccccc1[C@@H]1CN2C(=O)CN(C)C(=O)[C@]2(C)c2[nH]c3ccccc3c21. The van der Waals surface area contributed by atoms with Crippen LogP contribution in [0, 0.1) is 0 Å². The summed E-state index contributed by atoms with van der Waals surface area (Å²) in [7, 11) is 3.35. The molecule has 2 atom stereocenters. The Bertz CT molecular complexity index is 1150. The second-order valence-corrected chi connectivity index (χ2v) is 7.99. The van der Waals surface area contributed by atoms with E-state index in [4.69, 9.17) is 4.74 Å². The summed E-state index contributed by atoms with van der Waals surface area (Å²) >= 11 is 0. The maximum atomic E-state index is 13.3. The first-order chi connectivity index (χ1) is 14.0. The molecule has 0 spiro atoms. The molecule has 2 aromatic carbocycles. The number of aromatic nitrogens is 1. The Morgan fingerprint density at radius 1 is 1.10 bits per heavy atom. The van der Waals surface area contributed by atoms with E-state index in [0.717, 1.165) is 33.5 Å². The molecule has 5 rings (SSSR count). The topological polar surface area (TPSA) is 65.6 Å². The van der Waals surface area contributed by atoms with Crippen LogP contribution in [0.3, 0.4) is 0 Å². The van der Waals surface area contributed by atoms with Gasteiger partial charge in [-0.05, 0) is 24.6 Å². The number of hydrogen-bond donors (Lipinski definition) is 1. The number of ether oxygens (including phenoxy) is 1.